The van der Waals surface area contributed by atoms with Gasteiger partial charge in [-0.05, 0) is 24.3 Å². The fraction of sp³-hybridized carbons (Fsp3) is 0.190. The Balaban J connectivity index is 1.24. The predicted octanol–water partition coefficient (Wildman–Crippen LogP) is 3.39. The largest absolute Gasteiger partial charge is 0.495 e. The molecule has 168 valence electrons. The minimum Gasteiger partial charge on any atom is -0.495 e. The number of para-hydroxylation sites is 4. The lowest BCUT2D eigenvalue weighted by molar-refractivity contribution is 0.0686. The van der Waals surface area contributed by atoms with Gasteiger partial charge in [-0.1, -0.05) is 36.0 Å². The number of hydrogen-bond donors (Lipinski definition) is 2. The fourth-order valence-corrected chi connectivity index (χ4v) is 3.73. The summed E-state index contributed by atoms with van der Waals surface area (Å²) >= 11 is 1.28. The van der Waals surface area contributed by atoms with Gasteiger partial charge < -0.3 is 29.7 Å². The van der Waals surface area contributed by atoms with E-state index in [0.717, 1.165) is 0 Å². The first kappa shape index (κ1) is 20.8. The molecule has 0 bridgehead atoms. The van der Waals surface area contributed by atoms with Crippen molar-refractivity contribution in [1.29, 1.82) is 0 Å². The van der Waals surface area contributed by atoms with Crippen LogP contribution in [0.4, 0.5) is 17.6 Å². The zero-order valence-electron chi connectivity index (χ0n) is 17.5. The Morgan fingerprint density at radius 1 is 1.06 bits per heavy atom. The molecule has 0 saturated carbocycles. The average molecular weight is 465 g/mol. The molecule has 2 aromatic carbocycles. The fourth-order valence-electron chi connectivity index (χ4n) is 3.10. The molecule has 0 amide bonds. The van der Waals surface area contributed by atoms with E-state index in [2.05, 4.69) is 30.5 Å². The van der Waals surface area contributed by atoms with E-state index in [1.165, 1.54) is 11.8 Å². The Morgan fingerprint density at radius 3 is 2.76 bits per heavy atom. The predicted molar refractivity (Wildman–Crippen MR) is 120 cm³/mol. The molecular formula is C21H19N7O4S. The summed E-state index contributed by atoms with van der Waals surface area (Å²) in [6, 6.07) is 14.9. The molecule has 5 rings (SSSR count). The molecule has 4 aromatic rings. The Kier molecular flexibility index (Phi) is 5.81. The van der Waals surface area contributed by atoms with E-state index < -0.39 is 6.10 Å². The van der Waals surface area contributed by atoms with Gasteiger partial charge in [0.05, 0.1) is 18.6 Å². The van der Waals surface area contributed by atoms with Gasteiger partial charge in [0.15, 0.2) is 11.5 Å². The molecule has 1 atom stereocenters. The summed E-state index contributed by atoms with van der Waals surface area (Å²) in [5.74, 6) is 3.51. The molecule has 2 aromatic heterocycles. The van der Waals surface area contributed by atoms with E-state index in [1.807, 2.05) is 48.5 Å². The van der Waals surface area contributed by atoms with Crippen molar-refractivity contribution in [3.8, 4) is 17.2 Å². The van der Waals surface area contributed by atoms with E-state index in [9.17, 15) is 0 Å². The van der Waals surface area contributed by atoms with Crippen molar-refractivity contribution in [2.75, 3.05) is 24.8 Å². The zero-order chi connectivity index (χ0) is 22.6. The molecule has 3 heterocycles. The highest BCUT2D eigenvalue weighted by Gasteiger charge is 2.27. The smallest absolute Gasteiger partial charge is 0.277 e. The van der Waals surface area contributed by atoms with Gasteiger partial charge in [-0.3, -0.25) is 0 Å². The van der Waals surface area contributed by atoms with Crippen LogP contribution in [0.15, 0.2) is 58.2 Å². The lowest BCUT2D eigenvalue weighted by Crippen LogP contribution is -2.21. The van der Waals surface area contributed by atoms with Crippen LogP contribution in [0.25, 0.3) is 0 Å². The van der Waals surface area contributed by atoms with Crippen LogP contribution in [0.2, 0.25) is 0 Å². The van der Waals surface area contributed by atoms with Gasteiger partial charge in [-0.15, -0.1) is 10.2 Å². The molecule has 0 unspecified atom stereocenters. The van der Waals surface area contributed by atoms with Crippen LogP contribution in [-0.2, 0) is 5.75 Å². The van der Waals surface area contributed by atoms with Gasteiger partial charge in [-0.2, -0.15) is 15.0 Å². The Hall–Kier alpha value is -4.06. The van der Waals surface area contributed by atoms with Crippen LogP contribution in [0.5, 0.6) is 17.2 Å². The average Bonchev–Trinajstić information content (AvgIpc) is 3.32. The number of fused-ring (bicyclic) bond motifs is 1. The SMILES string of the molecule is COc1ccccc1Nc1nc(N)nc(CSc2nnc([C@H]3COc4ccccc4O3)o2)n1. The minimum absolute atomic E-state index is 0.0932. The summed E-state index contributed by atoms with van der Waals surface area (Å²) in [4.78, 5) is 12.7. The summed E-state index contributed by atoms with van der Waals surface area (Å²) in [5.41, 5.74) is 6.58. The molecule has 1 aliphatic heterocycles. The summed E-state index contributed by atoms with van der Waals surface area (Å²) < 4.78 is 22.7. The second-order valence-electron chi connectivity index (χ2n) is 6.82. The topological polar surface area (TPSA) is 143 Å². The van der Waals surface area contributed by atoms with E-state index in [4.69, 9.17) is 24.4 Å². The van der Waals surface area contributed by atoms with Crippen LogP contribution in [0.1, 0.15) is 17.8 Å². The maximum absolute atomic E-state index is 5.90. The Morgan fingerprint density at radius 2 is 1.88 bits per heavy atom. The maximum Gasteiger partial charge on any atom is 0.277 e. The molecule has 11 nitrogen and oxygen atoms in total. The van der Waals surface area contributed by atoms with E-state index in [0.29, 0.717) is 51.6 Å². The first-order chi connectivity index (χ1) is 16.2. The molecule has 1 aliphatic rings. The normalized spacial score (nSPS) is 14.6. The van der Waals surface area contributed by atoms with Crippen molar-refractivity contribution < 1.29 is 18.6 Å². The van der Waals surface area contributed by atoms with Crippen LogP contribution in [0, 0.1) is 0 Å². The molecule has 3 N–H and O–H groups in total. The third kappa shape index (κ3) is 4.75. The molecule has 0 spiro atoms. The highest BCUT2D eigenvalue weighted by molar-refractivity contribution is 7.98. The van der Waals surface area contributed by atoms with Crippen molar-refractivity contribution >= 4 is 29.3 Å². The monoisotopic (exact) mass is 465 g/mol. The number of rotatable bonds is 7. The second kappa shape index (κ2) is 9.20. The van der Waals surface area contributed by atoms with Gasteiger partial charge in [-0.25, -0.2) is 0 Å². The third-order valence-corrected chi connectivity index (χ3v) is 5.40. The van der Waals surface area contributed by atoms with Gasteiger partial charge in [0.25, 0.3) is 11.1 Å². The number of nitrogen functional groups attached to an aromatic ring is 1. The molecule has 0 saturated heterocycles. The van der Waals surface area contributed by atoms with Crippen molar-refractivity contribution in [3.63, 3.8) is 0 Å². The first-order valence-electron chi connectivity index (χ1n) is 9.93. The molecule has 0 radical (unpaired) electrons. The van der Waals surface area contributed by atoms with Crippen LogP contribution in [0.3, 0.4) is 0 Å². The number of ether oxygens (including phenoxy) is 3. The lowest BCUT2D eigenvalue weighted by Gasteiger charge is -2.23. The zero-order valence-corrected chi connectivity index (χ0v) is 18.3. The van der Waals surface area contributed by atoms with Gasteiger partial charge in [0.2, 0.25) is 18.0 Å². The lowest BCUT2D eigenvalue weighted by atomic mass is 10.2. The minimum atomic E-state index is -0.480. The van der Waals surface area contributed by atoms with Gasteiger partial charge in [0.1, 0.15) is 18.2 Å². The van der Waals surface area contributed by atoms with Crippen LogP contribution >= 0.6 is 11.8 Å². The summed E-state index contributed by atoms with van der Waals surface area (Å²) in [6.45, 7) is 0.283. The number of benzene rings is 2. The van der Waals surface area contributed by atoms with Crippen LogP contribution < -0.4 is 25.3 Å². The van der Waals surface area contributed by atoms with Gasteiger partial charge in [0, 0.05) is 0 Å². The highest BCUT2D eigenvalue weighted by Crippen LogP contribution is 2.36. The second-order valence-corrected chi connectivity index (χ2v) is 7.74. The summed E-state index contributed by atoms with van der Waals surface area (Å²) in [6.07, 6.45) is -0.480. The first-order valence-corrected chi connectivity index (χ1v) is 10.9. The standard InChI is InChI=1S/C21H19N7O4S/c1-29-13-7-3-2-6-12(13)23-20-25-17(24-19(22)26-20)11-33-21-28-27-18(32-21)16-10-30-14-8-4-5-9-15(14)31-16/h2-9,16H,10-11H2,1H3,(H3,22,23,24,25,26)/t16-/m1/s1. The molecular weight excluding hydrogens is 446 g/mol. The van der Waals surface area contributed by atoms with E-state index in [-0.39, 0.29) is 12.6 Å². The summed E-state index contributed by atoms with van der Waals surface area (Å²) in [5, 5.41) is 11.6. The number of methoxy groups -OCH3 is 1. The van der Waals surface area contributed by atoms with Crippen molar-refractivity contribution in [3.05, 3.63) is 60.2 Å². The molecule has 12 heteroatoms. The quantitative estimate of drug-likeness (QED) is 0.386. The molecule has 33 heavy (non-hydrogen) atoms. The Labute approximate surface area is 192 Å². The number of nitrogens with zero attached hydrogens (tertiary/aromatic N) is 5. The number of thioether (sulfide) groups is 1. The number of nitrogens with one attached hydrogen (secondary N) is 1. The van der Waals surface area contributed by atoms with Crippen LogP contribution in [-0.4, -0.2) is 38.9 Å². The van der Waals surface area contributed by atoms with Crippen molar-refractivity contribution in [2.24, 2.45) is 0 Å². The number of nitrogens with two attached hydrogens (primary N) is 1. The third-order valence-electron chi connectivity index (χ3n) is 4.58. The van der Waals surface area contributed by atoms with E-state index in [1.54, 1.807) is 7.11 Å². The maximum atomic E-state index is 5.90. The number of aromatic nitrogens is 5. The van der Waals surface area contributed by atoms with E-state index >= 15 is 0 Å². The molecule has 0 aliphatic carbocycles. The summed E-state index contributed by atoms with van der Waals surface area (Å²) in [7, 11) is 1.59. The van der Waals surface area contributed by atoms with Gasteiger partial charge >= 0.3 is 0 Å². The number of anilines is 3. The number of hydrogen-bond acceptors (Lipinski definition) is 12. The van der Waals surface area contributed by atoms with Crippen molar-refractivity contribution in [2.45, 2.75) is 17.1 Å². The highest BCUT2D eigenvalue weighted by atomic mass is 32.2. The Bertz CT molecular complexity index is 1270. The molecule has 0 fully saturated rings. The van der Waals surface area contributed by atoms with Crippen molar-refractivity contribution in [1.82, 2.24) is 25.1 Å².